The van der Waals surface area contributed by atoms with Gasteiger partial charge in [0.05, 0.1) is 17.3 Å². The molecule has 0 atom stereocenters. The molecule has 2 heterocycles. The summed E-state index contributed by atoms with van der Waals surface area (Å²) in [4.78, 5) is 24.5. The zero-order valence-corrected chi connectivity index (χ0v) is 13.1. The first-order valence-corrected chi connectivity index (χ1v) is 7.21. The van der Waals surface area contributed by atoms with Crippen molar-refractivity contribution in [3.05, 3.63) is 78.6 Å². The van der Waals surface area contributed by atoms with Crippen molar-refractivity contribution in [1.82, 2.24) is 9.03 Å². The molecular formula is C18H15N3O2. The molecule has 0 fully saturated rings. The Balaban J connectivity index is 2.16. The van der Waals surface area contributed by atoms with Crippen LogP contribution in [0.3, 0.4) is 0 Å². The molecule has 23 heavy (non-hydrogen) atoms. The van der Waals surface area contributed by atoms with Crippen molar-refractivity contribution in [2.75, 3.05) is 0 Å². The van der Waals surface area contributed by atoms with Crippen molar-refractivity contribution in [1.29, 1.82) is 5.26 Å². The fourth-order valence-electron chi connectivity index (χ4n) is 2.65. The number of hydrogen-bond acceptors (Lipinski definition) is 3. The summed E-state index contributed by atoms with van der Waals surface area (Å²) in [6.07, 6.45) is 3.69. The summed E-state index contributed by atoms with van der Waals surface area (Å²) >= 11 is 0. The fourth-order valence-corrected chi connectivity index (χ4v) is 2.65. The second-order valence-electron chi connectivity index (χ2n) is 5.52. The van der Waals surface area contributed by atoms with Crippen LogP contribution < -0.4 is 11.1 Å². The van der Waals surface area contributed by atoms with Gasteiger partial charge in [-0.05, 0) is 44.5 Å². The van der Waals surface area contributed by atoms with Gasteiger partial charge < -0.3 is 0 Å². The first-order valence-electron chi connectivity index (χ1n) is 7.21. The monoisotopic (exact) mass is 305 g/mol. The van der Waals surface area contributed by atoms with Crippen molar-refractivity contribution >= 4 is 12.2 Å². The number of benzene rings is 1. The van der Waals surface area contributed by atoms with Crippen LogP contribution in [0.5, 0.6) is 0 Å². The van der Waals surface area contributed by atoms with Crippen molar-refractivity contribution in [2.24, 2.45) is 0 Å². The lowest BCUT2D eigenvalue weighted by Gasteiger charge is -1.98. The molecule has 0 spiro atoms. The van der Waals surface area contributed by atoms with Crippen LogP contribution in [-0.4, -0.2) is 9.03 Å². The third-order valence-electron chi connectivity index (χ3n) is 4.17. The van der Waals surface area contributed by atoms with Crippen molar-refractivity contribution < 1.29 is 0 Å². The average molecular weight is 305 g/mol. The van der Waals surface area contributed by atoms with Gasteiger partial charge >= 0.3 is 0 Å². The molecule has 2 aromatic heterocycles. The van der Waals surface area contributed by atoms with Crippen molar-refractivity contribution in [3.8, 4) is 6.07 Å². The summed E-state index contributed by atoms with van der Waals surface area (Å²) in [5, 5.41) is 8.81. The number of fused-ring (bicyclic) bond motifs is 1. The predicted molar refractivity (Wildman–Crippen MR) is 88.9 cm³/mol. The topological polar surface area (TPSA) is 66.8 Å². The summed E-state index contributed by atoms with van der Waals surface area (Å²) in [6.45, 7) is 5.27. The van der Waals surface area contributed by atoms with Crippen molar-refractivity contribution in [3.63, 3.8) is 0 Å². The number of nitrogens with zero attached hydrogens (tertiary/aromatic N) is 3. The van der Waals surface area contributed by atoms with Gasteiger partial charge in [0.15, 0.2) is 0 Å². The quantitative estimate of drug-likeness (QED) is 0.728. The third-order valence-corrected chi connectivity index (χ3v) is 4.17. The minimum Gasteiger partial charge on any atom is -0.267 e. The molecule has 0 saturated heterocycles. The van der Waals surface area contributed by atoms with Crippen LogP contribution in [0.4, 0.5) is 0 Å². The Morgan fingerprint density at radius 1 is 0.913 bits per heavy atom. The summed E-state index contributed by atoms with van der Waals surface area (Å²) < 4.78 is 2.84. The van der Waals surface area contributed by atoms with Crippen molar-refractivity contribution in [2.45, 2.75) is 20.8 Å². The lowest BCUT2D eigenvalue weighted by molar-refractivity contribution is 0.781. The molecule has 1 aromatic carbocycles. The highest BCUT2D eigenvalue weighted by molar-refractivity contribution is 5.70. The second-order valence-corrected chi connectivity index (χ2v) is 5.52. The Hall–Kier alpha value is -3.13. The van der Waals surface area contributed by atoms with E-state index in [0.717, 1.165) is 11.3 Å². The Bertz CT molecular complexity index is 1080. The molecule has 0 aliphatic heterocycles. The Morgan fingerprint density at radius 3 is 2.13 bits per heavy atom. The van der Waals surface area contributed by atoms with E-state index in [9.17, 15) is 9.59 Å². The zero-order valence-electron chi connectivity index (χ0n) is 13.1. The van der Waals surface area contributed by atoms with Gasteiger partial charge in [0.2, 0.25) is 0 Å². The first kappa shape index (κ1) is 14.8. The molecule has 0 amide bonds. The van der Waals surface area contributed by atoms with E-state index in [1.54, 1.807) is 30.5 Å². The molecule has 0 aliphatic carbocycles. The molecule has 0 unspecified atom stereocenters. The molecule has 3 rings (SSSR count). The standard InChI is InChI=1S/C18H15N3O2/c1-11-13(3)20-16(12(2)18(23)21(20)17(11)22)9-8-14-4-6-15(10-19)7-5-14/h4-9H,1-3H3/b9-8+. The lowest BCUT2D eigenvalue weighted by Crippen LogP contribution is -2.23. The highest BCUT2D eigenvalue weighted by atomic mass is 16.2. The number of aromatic nitrogens is 2. The maximum atomic E-state index is 12.3. The fraction of sp³-hybridized carbons (Fsp3) is 0.167. The average Bonchev–Trinajstić information content (AvgIpc) is 2.94. The van der Waals surface area contributed by atoms with Gasteiger partial charge in [-0.3, -0.25) is 9.59 Å². The minimum atomic E-state index is -0.286. The Kier molecular flexibility index (Phi) is 3.38. The third kappa shape index (κ3) is 2.16. The molecule has 0 radical (unpaired) electrons. The van der Waals surface area contributed by atoms with Gasteiger partial charge in [0.1, 0.15) is 0 Å². The SMILES string of the molecule is Cc1c(C)n2c(/C=C/c3ccc(C#N)cc3)c(C)c(=O)n2c1=O. The number of nitriles is 1. The van der Waals surface area contributed by atoms with Crippen LogP contribution in [0, 0.1) is 32.1 Å². The smallest absolute Gasteiger partial charge is 0.267 e. The number of aryl methyl sites for hydroxylation is 1. The van der Waals surface area contributed by atoms with E-state index < -0.39 is 0 Å². The molecule has 114 valence electrons. The molecule has 0 N–H and O–H groups in total. The van der Waals surface area contributed by atoms with Crippen LogP contribution in [0.2, 0.25) is 0 Å². The van der Waals surface area contributed by atoms with E-state index in [1.807, 2.05) is 31.2 Å². The largest absolute Gasteiger partial charge is 0.278 e. The van der Waals surface area contributed by atoms with Gasteiger partial charge in [-0.1, -0.05) is 18.2 Å². The Labute approximate surface area is 132 Å². The molecule has 0 bridgehead atoms. The van der Waals surface area contributed by atoms with Crippen LogP contribution in [-0.2, 0) is 0 Å². The lowest BCUT2D eigenvalue weighted by atomic mass is 10.1. The van der Waals surface area contributed by atoms with Crippen LogP contribution >= 0.6 is 0 Å². The minimum absolute atomic E-state index is 0.270. The maximum absolute atomic E-state index is 12.3. The molecule has 0 aliphatic rings. The van der Waals surface area contributed by atoms with Gasteiger partial charge in [0.25, 0.3) is 11.1 Å². The Morgan fingerprint density at radius 2 is 1.52 bits per heavy atom. The maximum Gasteiger partial charge on any atom is 0.278 e. The van der Waals surface area contributed by atoms with Gasteiger partial charge in [-0.15, -0.1) is 0 Å². The van der Waals surface area contributed by atoms with E-state index in [4.69, 9.17) is 5.26 Å². The van der Waals surface area contributed by atoms with Crippen LogP contribution in [0.25, 0.3) is 12.2 Å². The van der Waals surface area contributed by atoms with E-state index in [1.165, 1.54) is 4.52 Å². The van der Waals surface area contributed by atoms with Gasteiger partial charge in [-0.2, -0.15) is 9.78 Å². The highest BCUT2D eigenvalue weighted by Gasteiger charge is 2.18. The second kappa shape index (κ2) is 5.25. The van der Waals surface area contributed by atoms with E-state index in [2.05, 4.69) is 6.07 Å². The molecule has 3 aromatic rings. The zero-order chi connectivity index (χ0) is 16.7. The van der Waals surface area contributed by atoms with Crippen LogP contribution in [0.15, 0.2) is 33.9 Å². The summed E-state index contributed by atoms with van der Waals surface area (Å²) in [5.74, 6) is 0. The van der Waals surface area contributed by atoms with Gasteiger partial charge in [0, 0.05) is 16.8 Å². The normalized spacial score (nSPS) is 11.4. The summed E-state index contributed by atoms with van der Waals surface area (Å²) in [5.41, 5.74) is 3.53. The molecule has 5 heteroatoms. The predicted octanol–water partition coefficient (Wildman–Crippen LogP) is 2.16. The van der Waals surface area contributed by atoms with E-state index in [0.29, 0.717) is 22.4 Å². The highest BCUT2D eigenvalue weighted by Crippen LogP contribution is 2.14. The molecular weight excluding hydrogens is 290 g/mol. The first-order chi connectivity index (χ1) is 11.0. The number of rotatable bonds is 2. The van der Waals surface area contributed by atoms with E-state index in [-0.39, 0.29) is 11.1 Å². The molecule has 0 saturated carbocycles. The van der Waals surface area contributed by atoms with Gasteiger partial charge in [-0.25, -0.2) is 4.52 Å². The van der Waals surface area contributed by atoms with Crippen LogP contribution in [0.1, 0.15) is 33.6 Å². The summed E-state index contributed by atoms with van der Waals surface area (Å²) in [7, 11) is 0. The number of hydrogen-bond donors (Lipinski definition) is 0. The molecule has 5 nitrogen and oxygen atoms in total. The van der Waals surface area contributed by atoms with E-state index >= 15 is 0 Å². The summed E-state index contributed by atoms with van der Waals surface area (Å²) in [6, 6.07) is 9.22.